The summed E-state index contributed by atoms with van der Waals surface area (Å²) in [5, 5.41) is 12.2. The quantitative estimate of drug-likeness (QED) is 0.290. The number of ether oxygens (including phenoxy) is 1. The summed E-state index contributed by atoms with van der Waals surface area (Å²) in [4.78, 5) is 45.5. The number of fused-ring (bicyclic) bond motifs is 1. The Balaban J connectivity index is 1.12. The number of piperazine rings is 1. The first-order valence-electron chi connectivity index (χ1n) is 15.0. The van der Waals surface area contributed by atoms with Crippen molar-refractivity contribution in [3.63, 3.8) is 0 Å². The molecular weight excluding hydrogens is 582 g/mol. The number of halogens is 2. The van der Waals surface area contributed by atoms with Crippen LogP contribution in [0.3, 0.4) is 0 Å². The van der Waals surface area contributed by atoms with Crippen molar-refractivity contribution in [3.8, 4) is 11.8 Å². The van der Waals surface area contributed by atoms with Gasteiger partial charge in [-0.25, -0.2) is 8.78 Å². The molecule has 2 aromatic carbocycles. The highest BCUT2D eigenvalue weighted by atomic mass is 19.3. The normalized spacial score (nSPS) is 18.8. The van der Waals surface area contributed by atoms with E-state index in [1.807, 2.05) is 36.1 Å². The molecule has 236 valence electrons. The molecule has 45 heavy (non-hydrogen) atoms. The standard InChI is InChI=1S/C33H36F2N6O4/c1-23-4-6-24(7-5-23)32(44)39-12-15-41(2,16-13-39)14-3-17-45-26-8-9-29-28(18-26)27(10-11-37-29)31(43)38-21-30(42)40-22-33(34,35)19-25(40)20-36/h4-11,18,25H,3,12-17,19,21-22H2,1-2H3/p+1. The van der Waals surface area contributed by atoms with Gasteiger partial charge in [0.05, 0.1) is 76.6 Å². The first-order chi connectivity index (χ1) is 21.5. The lowest BCUT2D eigenvalue weighted by atomic mass is 10.1. The van der Waals surface area contributed by atoms with Crippen LogP contribution in [0.4, 0.5) is 8.78 Å². The average molecular weight is 620 g/mol. The van der Waals surface area contributed by atoms with Gasteiger partial charge in [-0.15, -0.1) is 0 Å². The van der Waals surface area contributed by atoms with E-state index in [0.717, 1.165) is 41.0 Å². The number of carbonyl (C=O) groups excluding carboxylic acids is 3. The summed E-state index contributed by atoms with van der Waals surface area (Å²) in [7, 11) is 2.20. The minimum Gasteiger partial charge on any atom is -0.493 e. The number of rotatable bonds is 9. The van der Waals surface area contributed by atoms with Gasteiger partial charge in [-0.1, -0.05) is 17.7 Å². The van der Waals surface area contributed by atoms with E-state index in [4.69, 9.17) is 10.00 Å². The fourth-order valence-electron chi connectivity index (χ4n) is 5.85. The van der Waals surface area contributed by atoms with E-state index in [1.54, 1.807) is 24.3 Å². The number of alkyl halides is 2. The van der Waals surface area contributed by atoms with Gasteiger partial charge in [0.15, 0.2) is 0 Å². The van der Waals surface area contributed by atoms with E-state index in [-0.39, 0.29) is 11.5 Å². The molecule has 1 aromatic heterocycles. The molecule has 2 aliphatic rings. The fourth-order valence-corrected chi connectivity index (χ4v) is 5.85. The number of pyridine rings is 1. The van der Waals surface area contributed by atoms with Gasteiger partial charge < -0.3 is 24.3 Å². The highest BCUT2D eigenvalue weighted by molar-refractivity contribution is 6.07. The molecule has 3 amide bonds. The number of hydrogen-bond donors (Lipinski definition) is 1. The zero-order chi connectivity index (χ0) is 32.2. The molecule has 10 nitrogen and oxygen atoms in total. The third-order valence-corrected chi connectivity index (χ3v) is 8.61. The Morgan fingerprint density at radius 3 is 2.58 bits per heavy atom. The van der Waals surface area contributed by atoms with Crippen molar-refractivity contribution in [1.82, 2.24) is 20.1 Å². The SMILES string of the molecule is Cc1ccc(C(=O)N2CC[N+](C)(CCCOc3ccc4nccc(C(=O)NCC(=O)N5CC(F)(F)CC5C#N)c4c3)CC2)cc1. The number of aryl methyl sites for hydroxylation is 1. The number of nitrogens with zero attached hydrogens (tertiary/aromatic N) is 5. The zero-order valence-electron chi connectivity index (χ0n) is 25.5. The zero-order valence-corrected chi connectivity index (χ0v) is 25.5. The molecule has 3 aromatic rings. The summed E-state index contributed by atoms with van der Waals surface area (Å²) in [5.74, 6) is -3.81. The van der Waals surface area contributed by atoms with Crippen molar-refractivity contribution in [2.24, 2.45) is 0 Å². The fraction of sp³-hybridized carbons (Fsp3) is 0.424. The van der Waals surface area contributed by atoms with E-state index < -0.39 is 43.3 Å². The number of quaternary nitrogens is 1. The summed E-state index contributed by atoms with van der Waals surface area (Å²) in [6, 6.07) is 14.9. The summed E-state index contributed by atoms with van der Waals surface area (Å²) in [6.07, 6.45) is 1.56. The number of nitriles is 1. The van der Waals surface area contributed by atoms with Crippen LogP contribution in [0.2, 0.25) is 0 Å². The number of likely N-dealkylation sites (tertiary alicyclic amines) is 1. The molecule has 5 rings (SSSR count). The molecule has 0 bridgehead atoms. The Kier molecular flexibility index (Phi) is 9.29. The van der Waals surface area contributed by atoms with Gasteiger partial charge >= 0.3 is 0 Å². The van der Waals surface area contributed by atoms with Gasteiger partial charge in [0.25, 0.3) is 17.7 Å². The second-order valence-electron chi connectivity index (χ2n) is 12.1. The second kappa shape index (κ2) is 13.2. The topological polar surface area (TPSA) is 116 Å². The van der Waals surface area contributed by atoms with Crippen molar-refractivity contribution in [2.75, 3.05) is 59.5 Å². The van der Waals surface area contributed by atoms with E-state index >= 15 is 0 Å². The Morgan fingerprint density at radius 2 is 1.87 bits per heavy atom. The van der Waals surface area contributed by atoms with Crippen LogP contribution < -0.4 is 10.1 Å². The minimum absolute atomic E-state index is 0.0684. The number of amides is 3. The smallest absolute Gasteiger partial charge is 0.268 e. The summed E-state index contributed by atoms with van der Waals surface area (Å²) < 4.78 is 34.3. The monoisotopic (exact) mass is 619 g/mol. The molecule has 2 saturated heterocycles. The van der Waals surface area contributed by atoms with Gasteiger partial charge in [0, 0.05) is 30.0 Å². The maximum Gasteiger partial charge on any atom is 0.268 e. The minimum atomic E-state index is -3.13. The Labute approximate surface area is 260 Å². The molecule has 1 N–H and O–H groups in total. The molecule has 1 unspecified atom stereocenters. The van der Waals surface area contributed by atoms with Gasteiger partial charge in [-0.05, 0) is 43.3 Å². The third-order valence-electron chi connectivity index (χ3n) is 8.61. The highest BCUT2D eigenvalue weighted by Gasteiger charge is 2.47. The number of carbonyl (C=O) groups is 3. The highest BCUT2D eigenvalue weighted by Crippen LogP contribution is 2.31. The summed E-state index contributed by atoms with van der Waals surface area (Å²) in [6.45, 7) is 5.10. The lowest BCUT2D eigenvalue weighted by molar-refractivity contribution is -0.913. The van der Waals surface area contributed by atoms with Crippen LogP contribution >= 0.6 is 0 Å². The predicted molar refractivity (Wildman–Crippen MR) is 163 cm³/mol. The Bertz CT molecular complexity index is 1620. The first kappa shape index (κ1) is 31.8. The van der Waals surface area contributed by atoms with Gasteiger partial charge in [0.1, 0.15) is 11.8 Å². The maximum absolute atomic E-state index is 13.7. The van der Waals surface area contributed by atoms with Gasteiger partial charge in [-0.3, -0.25) is 19.4 Å². The molecule has 2 fully saturated rings. The Hall–Kier alpha value is -4.63. The third kappa shape index (κ3) is 7.54. The molecule has 3 heterocycles. The van der Waals surface area contributed by atoms with Crippen LogP contribution in [-0.4, -0.2) is 108 Å². The van der Waals surface area contributed by atoms with Gasteiger partial charge in [0.2, 0.25) is 5.91 Å². The van der Waals surface area contributed by atoms with E-state index in [2.05, 4.69) is 17.3 Å². The van der Waals surface area contributed by atoms with Crippen LogP contribution in [0.25, 0.3) is 10.9 Å². The Morgan fingerprint density at radius 1 is 1.13 bits per heavy atom. The van der Waals surface area contributed by atoms with Crippen molar-refractivity contribution in [3.05, 3.63) is 71.4 Å². The van der Waals surface area contributed by atoms with Crippen molar-refractivity contribution >= 4 is 28.6 Å². The molecule has 0 radical (unpaired) electrons. The van der Waals surface area contributed by atoms with Crippen molar-refractivity contribution in [2.45, 2.75) is 31.7 Å². The average Bonchev–Trinajstić information content (AvgIpc) is 3.36. The molecule has 12 heteroatoms. The van der Waals surface area contributed by atoms with Crippen LogP contribution in [0, 0.1) is 18.3 Å². The van der Waals surface area contributed by atoms with Crippen molar-refractivity contribution in [1.29, 1.82) is 5.26 Å². The molecular formula is C33H37F2N6O4+. The lowest BCUT2D eigenvalue weighted by Gasteiger charge is -2.42. The number of nitrogens with one attached hydrogen (secondary N) is 1. The van der Waals surface area contributed by atoms with Crippen LogP contribution in [0.1, 0.15) is 39.1 Å². The lowest BCUT2D eigenvalue weighted by Crippen LogP contribution is -2.58. The van der Waals surface area contributed by atoms with Crippen LogP contribution in [0.15, 0.2) is 54.7 Å². The van der Waals surface area contributed by atoms with Crippen LogP contribution in [0.5, 0.6) is 5.75 Å². The predicted octanol–water partition coefficient (Wildman–Crippen LogP) is 3.40. The number of likely N-dealkylation sites (N-methyl/N-ethyl adjacent to an activating group) is 1. The van der Waals surface area contributed by atoms with Gasteiger partial charge in [-0.2, -0.15) is 5.26 Å². The number of aromatic nitrogens is 1. The number of benzene rings is 2. The van der Waals surface area contributed by atoms with Crippen molar-refractivity contribution < 1.29 is 32.4 Å². The number of hydrogen-bond acceptors (Lipinski definition) is 6. The summed E-state index contributed by atoms with van der Waals surface area (Å²) >= 11 is 0. The molecule has 2 aliphatic heterocycles. The molecule has 0 aliphatic carbocycles. The maximum atomic E-state index is 13.7. The molecule has 1 atom stereocenters. The molecule has 0 saturated carbocycles. The first-order valence-corrected chi connectivity index (χ1v) is 15.0. The summed E-state index contributed by atoms with van der Waals surface area (Å²) in [5.41, 5.74) is 2.66. The van der Waals surface area contributed by atoms with Crippen LogP contribution in [-0.2, 0) is 4.79 Å². The second-order valence-corrected chi connectivity index (χ2v) is 12.1. The van der Waals surface area contributed by atoms with E-state index in [0.29, 0.717) is 41.9 Å². The largest absolute Gasteiger partial charge is 0.493 e. The molecule has 0 spiro atoms. The van der Waals surface area contributed by atoms with E-state index in [1.165, 1.54) is 12.3 Å². The van der Waals surface area contributed by atoms with E-state index in [9.17, 15) is 23.2 Å².